The monoisotopic (exact) mass is 407 g/mol. The largest absolute Gasteiger partial charge is 0.356 e. The normalized spacial score (nSPS) is 30.8. The fourth-order valence-corrected chi connectivity index (χ4v) is 5.64. The highest BCUT2D eigenvalue weighted by atomic mass is 35.5. The van der Waals surface area contributed by atoms with E-state index in [9.17, 15) is 4.79 Å². The fraction of sp³-hybridized carbons (Fsp3) is 0.381. The summed E-state index contributed by atoms with van der Waals surface area (Å²) in [5, 5.41) is 5.14. The van der Waals surface area contributed by atoms with E-state index in [4.69, 9.17) is 34.8 Å². The first-order valence-electron chi connectivity index (χ1n) is 8.94. The molecule has 2 aromatic rings. The highest BCUT2D eigenvalue weighted by molar-refractivity contribution is 6.35. The second-order valence-electron chi connectivity index (χ2n) is 7.50. The average molecular weight is 409 g/mol. The molecule has 0 radical (unpaired) electrons. The number of carbonyl (C=O) groups is 1. The summed E-state index contributed by atoms with van der Waals surface area (Å²) >= 11 is 18.8. The van der Waals surface area contributed by atoms with Gasteiger partial charge in [-0.15, -0.1) is 0 Å². The molecule has 1 N–H and O–H groups in total. The molecule has 26 heavy (non-hydrogen) atoms. The van der Waals surface area contributed by atoms with Crippen molar-refractivity contribution in [2.75, 3.05) is 6.54 Å². The van der Waals surface area contributed by atoms with Crippen molar-refractivity contribution in [3.63, 3.8) is 0 Å². The van der Waals surface area contributed by atoms with Gasteiger partial charge in [-0.3, -0.25) is 4.79 Å². The number of hydrogen-bond acceptors (Lipinski definition) is 1. The van der Waals surface area contributed by atoms with Gasteiger partial charge < -0.3 is 5.32 Å². The summed E-state index contributed by atoms with van der Waals surface area (Å²) in [6, 6.07) is 13.8. The van der Waals surface area contributed by atoms with Crippen LogP contribution in [0, 0.1) is 17.8 Å². The third kappa shape index (κ3) is 3.13. The molecule has 2 aromatic carbocycles. The quantitative estimate of drug-likeness (QED) is 0.657. The summed E-state index contributed by atoms with van der Waals surface area (Å²) in [5.41, 5.74) is 2.32. The predicted octanol–water partition coefficient (Wildman–Crippen LogP) is 5.92. The second kappa shape index (κ2) is 7.07. The molecule has 0 aromatic heterocycles. The Labute approximate surface area is 168 Å². The van der Waals surface area contributed by atoms with Gasteiger partial charge in [-0.2, -0.15) is 0 Å². The molecule has 2 fully saturated rings. The Morgan fingerprint density at radius 2 is 1.65 bits per heavy atom. The number of amides is 1. The Bertz CT molecular complexity index is 836. The number of rotatable bonds is 2. The van der Waals surface area contributed by atoms with E-state index < -0.39 is 0 Å². The number of hydrogen-bond donors (Lipinski definition) is 1. The van der Waals surface area contributed by atoms with Gasteiger partial charge in [-0.25, -0.2) is 0 Å². The molecule has 0 unspecified atom stereocenters. The Kier molecular flexibility index (Phi) is 4.94. The van der Waals surface area contributed by atoms with Crippen LogP contribution in [0.5, 0.6) is 0 Å². The van der Waals surface area contributed by atoms with Gasteiger partial charge in [0.1, 0.15) is 0 Å². The topological polar surface area (TPSA) is 29.1 Å². The van der Waals surface area contributed by atoms with E-state index in [0.717, 1.165) is 17.0 Å². The summed E-state index contributed by atoms with van der Waals surface area (Å²) in [5.74, 6) is 1.25. The van der Waals surface area contributed by atoms with Gasteiger partial charge in [0.05, 0.1) is 0 Å². The summed E-state index contributed by atoms with van der Waals surface area (Å²) in [6.45, 7) is 2.89. The minimum atomic E-state index is 0.0537. The SMILES string of the molecule is C[C@@H]1C[C@@H](c2ccc(Cl)cc2Cl)[C@H](c2ccc(Cl)cc2)[C@@H]2CNC(=O)[C@@H]21. The summed E-state index contributed by atoms with van der Waals surface area (Å²) in [4.78, 5) is 12.4. The van der Waals surface area contributed by atoms with Gasteiger partial charge in [0.25, 0.3) is 0 Å². The van der Waals surface area contributed by atoms with Crippen molar-refractivity contribution in [3.05, 3.63) is 68.7 Å². The molecule has 0 bridgehead atoms. The lowest BCUT2D eigenvalue weighted by atomic mass is 9.60. The first-order chi connectivity index (χ1) is 12.5. The molecule has 136 valence electrons. The number of benzene rings is 2. The van der Waals surface area contributed by atoms with Crippen molar-refractivity contribution in [1.29, 1.82) is 0 Å². The van der Waals surface area contributed by atoms with Gasteiger partial charge in [0.15, 0.2) is 0 Å². The van der Waals surface area contributed by atoms with Gasteiger partial charge in [-0.1, -0.05) is 59.9 Å². The molecule has 5 heteroatoms. The lowest BCUT2D eigenvalue weighted by Gasteiger charge is -2.43. The minimum Gasteiger partial charge on any atom is -0.356 e. The Balaban J connectivity index is 1.82. The van der Waals surface area contributed by atoms with Crippen LogP contribution >= 0.6 is 34.8 Å². The van der Waals surface area contributed by atoms with Crippen LogP contribution in [0.4, 0.5) is 0 Å². The molecule has 1 saturated heterocycles. The minimum absolute atomic E-state index is 0.0537. The molecule has 1 aliphatic carbocycles. The maximum atomic E-state index is 12.4. The third-order valence-corrected chi connectivity index (χ3v) is 6.84. The van der Waals surface area contributed by atoms with Crippen LogP contribution in [0.2, 0.25) is 15.1 Å². The highest BCUT2D eigenvalue weighted by Crippen LogP contribution is 2.54. The van der Waals surface area contributed by atoms with Crippen molar-refractivity contribution in [1.82, 2.24) is 5.32 Å². The standard InChI is InChI=1S/C21H20Cl3NO/c1-11-8-16(15-7-6-14(23)9-18(15)24)20(12-2-4-13(22)5-3-12)17-10-25-21(26)19(11)17/h2-7,9,11,16-17,19-20H,8,10H2,1H3,(H,25,26)/t11-,16+,17-,19-,20+/m1/s1. The van der Waals surface area contributed by atoms with Gasteiger partial charge in [0.2, 0.25) is 5.91 Å². The van der Waals surface area contributed by atoms with Crippen LogP contribution in [-0.4, -0.2) is 12.5 Å². The molecule has 2 nitrogen and oxygen atoms in total. The molecule has 1 heterocycles. The second-order valence-corrected chi connectivity index (χ2v) is 8.78. The Morgan fingerprint density at radius 1 is 0.962 bits per heavy atom. The summed E-state index contributed by atoms with van der Waals surface area (Å²) in [7, 11) is 0. The fourth-order valence-electron chi connectivity index (χ4n) is 4.97. The van der Waals surface area contributed by atoms with Crippen molar-refractivity contribution in [2.45, 2.75) is 25.2 Å². The summed E-state index contributed by atoms with van der Waals surface area (Å²) in [6.07, 6.45) is 0.920. The van der Waals surface area contributed by atoms with E-state index in [2.05, 4.69) is 24.4 Å². The third-order valence-electron chi connectivity index (χ3n) is 6.03. The van der Waals surface area contributed by atoms with Crippen molar-refractivity contribution >= 4 is 40.7 Å². The van der Waals surface area contributed by atoms with Gasteiger partial charge in [-0.05, 0) is 65.5 Å². The molecular weight excluding hydrogens is 389 g/mol. The maximum Gasteiger partial charge on any atom is 0.223 e. The molecule has 1 saturated carbocycles. The van der Waals surface area contributed by atoms with Crippen molar-refractivity contribution in [3.8, 4) is 0 Å². The zero-order chi connectivity index (χ0) is 18.4. The van der Waals surface area contributed by atoms with Crippen LogP contribution in [0.3, 0.4) is 0 Å². The van der Waals surface area contributed by atoms with Crippen molar-refractivity contribution < 1.29 is 4.79 Å². The zero-order valence-electron chi connectivity index (χ0n) is 14.4. The van der Waals surface area contributed by atoms with E-state index in [1.165, 1.54) is 5.56 Å². The number of halogens is 3. The number of carbonyl (C=O) groups excluding carboxylic acids is 1. The molecule has 1 aliphatic heterocycles. The lowest BCUT2D eigenvalue weighted by Crippen LogP contribution is -2.37. The molecule has 4 rings (SSSR count). The van der Waals surface area contributed by atoms with Crippen molar-refractivity contribution in [2.24, 2.45) is 17.8 Å². The number of fused-ring (bicyclic) bond motifs is 1. The van der Waals surface area contributed by atoms with Gasteiger partial charge >= 0.3 is 0 Å². The lowest BCUT2D eigenvalue weighted by molar-refractivity contribution is -0.125. The van der Waals surface area contributed by atoms with Crippen LogP contribution in [0.1, 0.15) is 36.3 Å². The maximum absolute atomic E-state index is 12.4. The average Bonchev–Trinajstić information content (AvgIpc) is 2.98. The molecular formula is C21H20Cl3NO. The molecule has 1 amide bonds. The van der Waals surface area contributed by atoms with E-state index in [1.807, 2.05) is 30.3 Å². The van der Waals surface area contributed by atoms with Crippen LogP contribution in [0.15, 0.2) is 42.5 Å². The molecule has 0 spiro atoms. The smallest absolute Gasteiger partial charge is 0.223 e. The predicted molar refractivity (Wildman–Crippen MR) is 107 cm³/mol. The van der Waals surface area contributed by atoms with Crippen LogP contribution < -0.4 is 5.32 Å². The Hall–Kier alpha value is -1.22. The zero-order valence-corrected chi connectivity index (χ0v) is 16.7. The Morgan fingerprint density at radius 3 is 2.35 bits per heavy atom. The molecule has 5 atom stereocenters. The van der Waals surface area contributed by atoms with E-state index in [1.54, 1.807) is 0 Å². The van der Waals surface area contributed by atoms with Crippen LogP contribution in [0.25, 0.3) is 0 Å². The highest BCUT2D eigenvalue weighted by Gasteiger charge is 2.50. The first kappa shape index (κ1) is 18.2. The molecule has 2 aliphatic rings. The summed E-state index contributed by atoms with van der Waals surface area (Å²) < 4.78 is 0. The van der Waals surface area contributed by atoms with E-state index in [0.29, 0.717) is 22.5 Å². The van der Waals surface area contributed by atoms with Crippen LogP contribution in [-0.2, 0) is 4.79 Å². The van der Waals surface area contributed by atoms with E-state index >= 15 is 0 Å². The van der Waals surface area contributed by atoms with E-state index in [-0.39, 0.29) is 29.6 Å². The van der Waals surface area contributed by atoms with Gasteiger partial charge in [0, 0.05) is 27.5 Å². The first-order valence-corrected chi connectivity index (χ1v) is 10.1. The number of nitrogens with one attached hydrogen (secondary N) is 1.